The third-order valence-corrected chi connectivity index (χ3v) is 3.74. The Morgan fingerprint density at radius 3 is 2.71 bits per heavy atom. The average molecular weight is 319 g/mol. The van der Waals surface area contributed by atoms with Gasteiger partial charge in [-0.2, -0.15) is 0 Å². The van der Waals surface area contributed by atoms with Gasteiger partial charge >= 0.3 is 0 Å². The zero-order valence-electron chi connectivity index (χ0n) is 10.9. The van der Waals surface area contributed by atoms with E-state index in [1.807, 2.05) is 36.4 Å². The Bertz CT molecular complexity index is 727. The van der Waals surface area contributed by atoms with Gasteiger partial charge in [-0.3, -0.25) is 0 Å². The minimum Gasteiger partial charge on any atom is -0.384 e. The van der Waals surface area contributed by atoms with Crippen LogP contribution in [0.2, 0.25) is 5.15 Å². The summed E-state index contributed by atoms with van der Waals surface area (Å²) in [6.07, 6.45) is 0. The first-order valence-corrected chi connectivity index (χ1v) is 7.51. The molecule has 2 N–H and O–H groups in total. The third kappa shape index (κ3) is 3.53. The lowest BCUT2D eigenvalue weighted by Crippen LogP contribution is -1.95. The lowest BCUT2D eigenvalue weighted by Gasteiger charge is -1.99. The largest absolute Gasteiger partial charge is 0.384 e. The van der Waals surface area contributed by atoms with E-state index in [1.165, 1.54) is 17.8 Å². The van der Waals surface area contributed by atoms with Crippen LogP contribution in [0.4, 0.5) is 5.82 Å². The van der Waals surface area contributed by atoms with Crippen molar-refractivity contribution in [1.29, 1.82) is 0 Å². The van der Waals surface area contributed by atoms with Crippen LogP contribution in [0, 0.1) is 0 Å². The lowest BCUT2D eigenvalue weighted by molar-refractivity contribution is 0.426. The molecule has 0 spiro atoms. The van der Waals surface area contributed by atoms with Crippen LogP contribution in [-0.2, 0) is 5.75 Å². The van der Waals surface area contributed by atoms with Crippen LogP contribution in [0.5, 0.6) is 0 Å². The number of nitrogens with two attached hydrogens (primary N) is 1. The molecule has 3 rings (SSSR count). The van der Waals surface area contributed by atoms with Gasteiger partial charge in [-0.1, -0.05) is 58.9 Å². The Balaban J connectivity index is 1.70. The van der Waals surface area contributed by atoms with Gasteiger partial charge in [0, 0.05) is 23.4 Å². The molecule has 0 atom stereocenters. The second-order valence-corrected chi connectivity index (χ2v) is 5.57. The summed E-state index contributed by atoms with van der Waals surface area (Å²) in [4.78, 5) is 8.19. The fourth-order valence-corrected chi connectivity index (χ4v) is 2.72. The van der Waals surface area contributed by atoms with E-state index in [-0.39, 0.29) is 0 Å². The molecule has 0 bridgehead atoms. The van der Waals surface area contributed by atoms with E-state index in [0.29, 0.717) is 21.9 Å². The number of hydrogen-bond donors (Lipinski definition) is 1. The number of rotatable bonds is 4. The maximum atomic E-state index is 5.84. The maximum absolute atomic E-state index is 5.84. The van der Waals surface area contributed by atoms with Crippen LogP contribution in [0.25, 0.3) is 11.3 Å². The molecule has 3 aromatic rings. The van der Waals surface area contributed by atoms with Crippen molar-refractivity contribution in [3.8, 4) is 11.3 Å². The average Bonchev–Trinajstić information content (AvgIpc) is 2.94. The molecule has 0 aliphatic rings. The van der Waals surface area contributed by atoms with Crippen molar-refractivity contribution in [2.45, 2.75) is 10.9 Å². The van der Waals surface area contributed by atoms with E-state index in [0.717, 1.165) is 17.0 Å². The molecular weight excluding hydrogens is 308 g/mol. The zero-order valence-corrected chi connectivity index (χ0v) is 12.4. The molecule has 106 valence electrons. The third-order valence-electron chi connectivity index (χ3n) is 2.66. The molecule has 21 heavy (non-hydrogen) atoms. The fraction of sp³-hybridized carbons (Fsp3) is 0.0714. The maximum Gasteiger partial charge on any atom is 0.191 e. The van der Waals surface area contributed by atoms with Gasteiger partial charge in [0.1, 0.15) is 11.0 Å². The quantitative estimate of drug-likeness (QED) is 0.449. The highest BCUT2D eigenvalue weighted by Gasteiger charge is 2.08. The molecule has 0 saturated heterocycles. The summed E-state index contributed by atoms with van der Waals surface area (Å²) in [5.74, 6) is 1.66. The second-order valence-electron chi connectivity index (χ2n) is 4.24. The minimum atomic E-state index is 0.329. The van der Waals surface area contributed by atoms with Gasteiger partial charge in [0.05, 0.1) is 5.69 Å². The van der Waals surface area contributed by atoms with E-state index >= 15 is 0 Å². The summed E-state index contributed by atoms with van der Waals surface area (Å²) in [5, 5.41) is 4.88. The van der Waals surface area contributed by atoms with Gasteiger partial charge in [0.15, 0.2) is 10.9 Å². The van der Waals surface area contributed by atoms with E-state index < -0.39 is 0 Å². The van der Waals surface area contributed by atoms with Gasteiger partial charge in [-0.15, -0.1) is 0 Å². The molecule has 0 radical (unpaired) electrons. The summed E-state index contributed by atoms with van der Waals surface area (Å²) in [6, 6.07) is 13.2. The van der Waals surface area contributed by atoms with E-state index in [1.54, 1.807) is 0 Å². The highest BCUT2D eigenvalue weighted by molar-refractivity contribution is 7.98. The lowest BCUT2D eigenvalue weighted by atomic mass is 10.2. The Morgan fingerprint density at radius 2 is 1.95 bits per heavy atom. The van der Waals surface area contributed by atoms with Crippen molar-refractivity contribution in [3.63, 3.8) is 0 Å². The number of hydrogen-bond acceptors (Lipinski definition) is 6. The van der Waals surface area contributed by atoms with Gasteiger partial charge in [0.2, 0.25) is 0 Å². The highest BCUT2D eigenvalue weighted by atomic mass is 35.5. The van der Waals surface area contributed by atoms with Crippen molar-refractivity contribution in [1.82, 2.24) is 15.1 Å². The number of anilines is 1. The topological polar surface area (TPSA) is 77.8 Å². The molecule has 0 aliphatic carbocycles. The molecule has 0 amide bonds. The fourth-order valence-electron chi connectivity index (χ4n) is 1.73. The normalized spacial score (nSPS) is 10.7. The molecule has 1 aromatic carbocycles. The predicted octanol–water partition coefficient (Wildman–Crippen LogP) is 3.66. The number of aromatic nitrogens is 3. The summed E-state index contributed by atoms with van der Waals surface area (Å²) < 4.78 is 5.33. The molecule has 0 fully saturated rings. The first-order chi connectivity index (χ1) is 10.2. The monoisotopic (exact) mass is 318 g/mol. The highest BCUT2D eigenvalue weighted by Crippen LogP contribution is 2.25. The van der Waals surface area contributed by atoms with E-state index in [9.17, 15) is 0 Å². The minimum absolute atomic E-state index is 0.329. The number of benzene rings is 1. The molecule has 2 heterocycles. The van der Waals surface area contributed by atoms with E-state index in [4.69, 9.17) is 21.9 Å². The summed E-state index contributed by atoms with van der Waals surface area (Å²) in [7, 11) is 0. The van der Waals surface area contributed by atoms with Crippen molar-refractivity contribution < 1.29 is 4.52 Å². The Kier molecular flexibility index (Phi) is 4.08. The van der Waals surface area contributed by atoms with Gasteiger partial charge in [-0.25, -0.2) is 9.97 Å². The van der Waals surface area contributed by atoms with E-state index in [2.05, 4.69) is 15.1 Å². The number of halogens is 1. The number of nitrogens with zero attached hydrogens (tertiary/aromatic N) is 3. The summed E-state index contributed by atoms with van der Waals surface area (Å²) in [6.45, 7) is 0. The second kappa shape index (κ2) is 6.15. The Hall–Kier alpha value is -2.05. The summed E-state index contributed by atoms with van der Waals surface area (Å²) >= 11 is 7.24. The molecule has 0 aliphatic heterocycles. The van der Waals surface area contributed by atoms with Crippen LogP contribution in [0.15, 0.2) is 52.1 Å². The van der Waals surface area contributed by atoms with Crippen molar-refractivity contribution in [3.05, 3.63) is 53.3 Å². The molecule has 0 saturated carbocycles. The van der Waals surface area contributed by atoms with Crippen LogP contribution >= 0.6 is 23.4 Å². The van der Waals surface area contributed by atoms with Crippen LogP contribution in [-0.4, -0.2) is 15.1 Å². The Labute approximate surface area is 130 Å². The summed E-state index contributed by atoms with van der Waals surface area (Å²) in [5.41, 5.74) is 7.42. The molecule has 2 aromatic heterocycles. The standard InChI is InChI=1S/C14H11ClN4OS/c15-12-7-13(16)18-14(17-12)21-8-10-6-11(20-19-10)9-4-2-1-3-5-9/h1-7H,8H2,(H2,16,17,18). The smallest absolute Gasteiger partial charge is 0.191 e. The molecule has 7 heteroatoms. The first-order valence-electron chi connectivity index (χ1n) is 6.14. The molecular formula is C14H11ClN4OS. The van der Waals surface area contributed by atoms with Crippen LogP contribution in [0.1, 0.15) is 5.69 Å². The van der Waals surface area contributed by atoms with Gasteiger partial charge in [0.25, 0.3) is 0 Å². The van der Waals surface area contributed by atoms with Gasteiger partial charge in [-0.05, 0) is 0 Å². The van der Waals surface area contributed by atoms with Gasteiger partial charge < -0.3 is 10.3 Å². The first kappa shape index (κ1) is 13.9. The van der Waals surface area contributed by atoms with Crippen molar-refractivity contribution in [2.24, 2.45) is 0 Å². The number of thioether (sulfide) groups is 1. The van der Waals surface area contributed by atoms with Crippen LogP contribution < -0.4 is 5.73 Å². The van der Waals surface area contributed by atoms with Crippen LogP contribution in [0.3, 0.4) is 0 Å². The predicted molar refractivity (Wildman–Crippen MR) is 83.0 cm³/mol. The molecule has 5 nitrogen and oxygen atoms in total. The van der Waals surface area contributed by atoms with Crippen molar-refractivity contribution in [2.75, 3.05) is 5.73 Å². The SMILES string of the molecule is Nc1cc(Cl)nc(SCc2cc(-c3ccccc3)on2)n1. The zero-order chi connectivity index (χ0) is 14.7. The van der Waals surface area contributed by atoms with Crippen molar-refractivity contribution >= 4 is 29.2 Å². The molecule has 0 unspecified atom stereocenters. The number of nitrogen functional groups attached to an aromatic ring is 1. The Morgan fingerprint density at radius 1 is 1.14 bits per heavy atom.